The quantitative estimate of drug-likeness (QED) is 0.572. The van der Waals surface area contributed by atoms with Gasteiger partial charge in [-0.15, -0.1) is 0 Å². The molecular weight excluding hydrogens is 498 g/mol. The van der Waals surface area contributed by atoms with Crippen LogP contribution in [0.1, 0.15) is 29.5 Å². The van der Waals surface area contributed by atoms with Crippen LogP contribution in [0.15, 0.2) is 109 Å². The Morgan fingerprint density at radius 1 is 0.484 bits per heavy atom. The fourth-order valence-corrected chi connectivity index (χ4v) is 22.7. The normalized spacial score (nSPS) is 22.6. The average Bonchev–Trinajstić information content (AvgIpc) is 3.56. The minimum Gasteiger partial charge on any atom is -1.00 e. The van der Waals surface area contributed by atoms with E-state index in [-0.39, 0.29) is 24.8 Å². The Bertz CT molecular complexity index is 1040. The van der Waals surface area contributed by atoms with Crippen LogP contribution in [0.4, 0.5) is 0 Å². The van der Waals surface area contributed by atoms with Crippen molar-refractivity contribution in [2.24, 2.45) is 0 Å². The average molecular weight is 523 g/mol. The summed E-state index contributed by atoms with van der Waals surface area (Å²) >= 11 is -3.15. The minimum atomic E-state index is -3.15. The first kappa shape index (κ1) is 22.5. The molecule has 0 saturated heterocycles. The molecule has 0 nitrogen and oxygen atoms in total. The number of hydrogen-bond donors (Lipinski definition) is 0. The number of halogens is 2. The van der Waals surface area contributed by atoms with Crippen molar-refractivity contribution in [3.8, 4) is 0 Å². The van der Waals surface area contributed by atoms with Gasteiger partial charge in [-0.3, -0.25) is 0 Å². The minimum absolute atomic E-state index is 0. The zero-order valence-corrected chi connectivity index (χ0v) is 21.1. The van der Waals surface area contributed by atoms with Crippen LogP contribution >= 0.6 is 0 Å². The van der Waals surface area contributed by atoms with Crippen molar-refractivity contribution in [2.45, 2.75) is 14.5 Å². The van der Waals surface area contributed by atoms with Gasteiger partial charge in [0.25, 0.3) is 0 Å². The maximum absolute atomic E-state index is 3.15. The number of benzene rings is 2. The molecule has 0 aliphatic heterocycles. The third-order valence-electron chi connectivity index (χ3n) is 7.33. The Hall–Kier alpha value is -1.66. The smallest absolute Gasteiger partial charge is 1.00 e. The van der Waals surface area contributed by atoms with Gasteiger partial charge in [0.2, 0.25) is 0 Å². The van der Waals surface area contributed by atoms with Crippen molar-refractivity contribution in [3.05, 3.63) is 132 Å². The van der Waals surface area contributed by atoms with E-state index in [9.17, 15) is 0 Å². The summed E-state index contributed by atoms with van der Waals surface area (Å²) in [5, 5.41) is 0. The van der Waals surface area contributed by atoms with E-state index in [1.54, 1.807) is 11.1 Å². The Morgan fingerprint density at radius 3 is 1.29 bits per heavy atom. The molecular formula is C28H24Cl2Zr-2. The zero-order chi connectivity index (χ0) is 19.3. The van der Waals surface area contributed by atoms with Crippen molar-refractivity contribution in [1.29, 1.82) is 0 Å². The summed E-state index contributed by atoms with van der Waals surface area (Å²) < 4.78 is 2.30. The Balaban J connectivity index is 0.00000116. The second kappa shape index (κ2) is 9.07. The molecule has 0 spiro atoms. The van der Waals surface area contributed by atoms with E-state index in [1.807, 2.05) is 0 Å². The summed E-state index contributed by atoms with van der Waals surface area (Å²) in [4.78, 5) is 0. The third-order valence-corrected chi connectivity index (χ3v) is 22.7. The first-order valence-corrected chi connectivity index (χ1v) is 16.3. The van der Waals surface area contributed by atoms with Crippen LogP contribution in [-0.4, -0.2) is 0 Å². The van der Waals surface area contributed by atoms with Gasteiger partial charge in [-0.1, -0.05) is 0 Å². The maximum Gasteiger partial charge on any atom is -1.00 e. The molecule has 2 aromatic carbocycles. The van der Waals surface area contributed by atoms with Crippen LogP contribution in [-0.2, 0) is 20.3 Å². The van der Waals surface area contributed by atoms with Crippen LogP contribution in [0.2, 0.25) is 7.25 Å². The van der Waals surface area contributed by atoms with Crippen molar-refractivity contribution in [2.75, 3.05) is 0 Å². The van der Waals surface area contributed by atoms with Crippen LogP contribution in [0.25, 0.3) is 12.2 Å². The molecule has 0 bridgehead atoms. The SMILES string of the molecule is C1=C[CH]([Zr]([CH]2C=CC=C2)([CH]2C=Cc3ccccc32)[CH]2C=Cc3ccccc32)C=C1.[Cl-].[Cl-]. The van der Waals surface area contributed by atoms with Gasteiger partial charge in [0.1, 0.15) is 0 Å². The predicted molar refractivity (Wildman–Crippen MR) is 120 cm³/mol. The monoisotopic (exact) mass is 520 g/mol. The number of allylic oxidation sites excluding steroid dienone is 10. The molecule has 0 radical (unpaired) electrons. The van der Waals surface area contributed by atoms with E-state index in [0.717, 1.165) is 0 Å². The van der Waals surface area contributed by atoms with E-state index in [1.165, 1.54) is 11.1 Å². The van der Waals surface area contributed by atoms with Gasteiger partial charge in [-0.05, 0) is 0 Å². The van der Waals surface area contributed by atoms with Crippen LogP contribution < -0.4 is 24.8 Å². The van der Waals surface area contributed by atoms with E-state index in [4.69, 9.17) is 0 Å². The molecule has 0 N–H and O–H groups in total. The molecule has 0 fully saturated rings. The predicted octanol–water partition coefficient (Wildman–Crippen LogP) is 1.51. The van der Waals surface area contributed by atoms with E-state index >= 15 is 0 Å². The standard InChI is InChI=1S/2C9H7.2C5H5.2ClH.Zr/c2*1-2-5-9-7-3-6-8(9)4-1;2*1-2-4-5-3-1;;;/h2*1-7H;2*1-5H;2*1H;/p-2. The molecule has 4 aliphatic carbocycles. The molecule has 4 aliphatic rings. The fourth-order valence-electron chi connectivity index (χ4n) is 6.15. The topological polar surface area (TPSA) is 0 Å². The summed E-state index contributed by atoms with van der Waals surface area (Å²) in [6.07, 6.45) is 29.1. The van der Waals surface area contributed by atoms with Gasteiger partial charge < -0.3 is 24.8 Å². The summed E-state index contributed by atoms with van der Waals surface area (Å²) in [6, 6.07) is 18.2. The van der Waals surface area contributed by atoms with Gasteiger partial charge >= 0.3 is 178 Å². The van der Waals surface area contributed by atoms with Crippen molar-refractivity contribution in [3.63, 3.8) is 0 Å². The number of fused-ring (bicyclic) bond motifs is 2. The summed E-state index contributed by atoms with van der Waals surface area (Å²) in [6.45, 7) is 0. The van der Waals surface area contributed by atoms with Crippen LogP contribution in [0, 0.1) is 0 Å². The molecule has 0 heterocycles. The van der Waals surface area contributed by atoms with E-state index in [2.05, 4.69) is 121 Å². The molecule has 0 saturated carbocycles. The van der Waals surface area contributed by atoms with Crippen molar-refractivity contribution < 1.29 is 45.1 Å². The molecule has 6 rings (SSSR count). The Morgan fingerprint density at radius 2 is 0.871 bits per heavy atom. The second-order valence-electron chi connectivity index (χ2n) is 8.52. The largest absolute Gasteiger partial charge is 1.00 e. The molecule has 0 amide bonds. The van der Waals surface area contributed by atoms with Crippen LogP contribution in [0.5, 0.6) is 0 Å². The molecule has 2 atom stereocenters. The Labute approximate surface area is 202 Å². The second-order valence-corrected chi connectivity index (χ2v) is 19.8. The number of rotatable bonds is 4. The van der Waals surface area contributed by atoms with Gasteiger partial charge in [-0.2, -0.15) is 0 Å². The maximum atomic E-state index is 2.56. The molecule has 3 heteroatoms. The van der Waals surface area contributed by atoms with Gasteiger partial charge in [0, 0.05) is 0 Å². The van der Waals surface area contributed by atoms with Crippen molar-refractivity contribution >= 4 is 12.2 Å². The van der Waals surface area contributed by atoms with E-state index in [0.29, 0.717) is 14.5 Å². The van der Waals surface area contributed by atoms with Gasteiger partial charge in [-0.25, -0.2) is 0 Å². The number of hydrogen-bond acceptors (Lipinski definition) is 0. The molecule has 2 aromatic rings. The molecule has 156 valence electrons. The molecule has 2 unspecified atom stereocenters. The van der Waals surface area contributed by atoms with Crippen LogP contribution in [0.3, 0.4) is 0 Å². The van der Waals surface area contributed by atoms with Gasteiger partial charge in [0.15, 0.2) is 0 Å². The summed E-state index contributed by atoms with van der Waals surface area (Å²) in [5.41, 5.74) is 5.96. The first-order valence-electron chi connectivity index (χ1n) is 10.6. The first-order chi connectivity index (χ1) is 14.4. The molecule has 0 aromatic heterocycles. The fraction of sp³-hybridized carbons (Fsp3) is 0.143. The summed E-state index contributed by atoms with van der Waals surface area (Å²) in [5.74, 6) is 0. The molecule has 31 heavy (non-hydrogen) atoms. The van der Waals surface area contributed by atoms with Gasteiger partial charge in [0.05, 0.1) is 0 Å². The van der Waals surface area contributed by atoms with E-state index < -0.39 is 20.3 Å². The zero-order valence-electron chi connectivity index (χ0n) is 17.1. The van der Waals surface area contributed by atoms with Crippen molar-refractivity contribution in [1.82, 2.24) is 0 Å². The third kappa shape index (κ3) is 3.37. The Kier molecular flexibility index (Phi) is 6.59. The summed E-state index contributed by atoms with van der Waals surface area (Å²) in [7, 11) is 0.